The number of Topliss-reactive ketones (excluding diaryl/α,β-unsaturated/α-hetero) is 1. The fourth-order valence-corrected chi connectivity index (χ4v) is 3.95. The highest BCUT2D eigenvalue weighted by Gasteiger charge is 2.46. The van der Waals surface area contributed by atoms with E-state index in [9.17, 15) is 14.7 Å². The number of hydrogen-bond donors (Lipinski definition) is 1. The number of rotatable bonds is 9. The van der Waals surface area contributed by atoms with Gasteiger partial charge < -0.3 is 29.0 Å². The molecule has 0 spiro atoms. The van der Waals surface area contributed by atoms with E-state index >= 15 is 0 Å². The van der Waals surface area contributed by atoms with Crippen LogP contribution < -0.4 is 14.2 Å². The molecule has 1 atom stereocenters. The zero-order chi connectivity index (χ0) is 24.1. The summed E-state index contributed by atoms with van der Waals surface area (Å²) in [4.78, 5) is 27.5. The Morgan fingerprint density at radius 2 is 1.79 bits per heavy atom. The number of benzene rings is 2. The molecule has 0 aliphatic carbocycles. The SMILES string of the molecule is CCOc1ccc([C@H]2C(=C(O)c3ccc(OC)cc3C)C(=O)C(=O)N2CCOC)cc1OC. The van der Waals surface area contributed by atoms with Crippen LogP contribution in [0, 0.1) is 6.92 Å². The van der Waals surface area contributed by atoms with E-state index in [1.807, 2.05) is 6.92 Å². The van der Waals surface area contributed by atoms with Gasteiger partial charge in [-0.25, -0.2) is 0 Å². The van der Waals surface area contributed by atoms with Crippen molar-refractivity contribution in [1.29, 1.82) is 0 Å². The van der Waals surface area contributed by atoms with Crippen molar-refractivity contribution in [3.8, 4) is 17.2 Å². The van der Waals surface area contributed by atoms with Gasteiger partial charge in [0.05, 0.1) is 39.0 Å². The highest BCUT2D eigenvalue weighted by molar-refractivity contribution is 6.46. The normalized spacial score (nSPS) is 17.4. The second-order valence-electron chi connectivity index (χ2n) is 7.51. The molecule has 1 fully saturated rings. The fraction of sp³-hybridized carbons (Fsp3) is 0.360. The molecule has 1 N–H and O–H groups in total. The van der Waals surface area contributed by atoms with Crippen LogP contribution >= 0.6 is 0 Å². The molecule has 0 bridgehead atoms. The number of aliphatic hydroxyl groups excluding tert-OH is 1. The summed E-state index contributed by atoms with van der Waals surface area (Å²) in [5.74, 6) is -0.0612. The molecule has 176 valence electrons. The van der Waals surface area contributed by atoms with E-state index in [4.69, 9.17) is 18.9 Å². The number of carbonyl (C=O) groups excluding carboxylic acids is 2. The molecule has 1 aliphatic rings. The van der Waals surface area contributed by atoms with Gasteiger partial charge in [-0.2, -0.15) is 0 Å². The number of ketones is 1. The standard InChI is InChI=1S/C25H29NO7/c1-6-33-19-10-7-16(14-20(19)32-5)22-21(24(28)25(29)26(22)11-12-30-3)23(27)18-9-8-17(31-4)13-15(18)2/h7-10,13-14,22,27H,6,11-12H2,1-5H3/t22-/m0/s1. The van der Waals surface area contributed by atoms with Crippen molar-refractivity contribution in [3.63, 3.8) is 0 Å². The number of methoxy groups -OCH3 is 3. The monoisotopic (exact) mass is 455 g/mol. The molecule has 0 unspecified atom stereocenters. The Morgan fingerprint density at radius 1 is 1.03 bits per heavy atom. The molecule has 1 aliphatic heterocycles. The van der Waals surface area contributed by atoms with Crippen molar-refractivity contribution in [1.82, 2.24) is 4.90 Å². The highest BCUT2D eigenvalue weighted by Crippen LogP contribution is 2.42. The summed E-state index contributed by atoms with van der Waals surface area (Å²) in [6.45, 7) is 4.54. The number of ether oxygens (including phenoxy) is 4. The number of aliphatic hydroxyl groups is 1. The maximum atomic E-state index is 13.1. The molecule has 3 rings (SSSR count). The number of carbonyl (C=O) groups is 2. The van der Waals surface area contributed by atoms with E-state index in [-0.39, 0.29) is 24.5 Å². The zero-order valence-electron chi connectivity index (χ0n) is 19.5. The summed E-state index contributed by atoms with van der Waals surface area (Å²) in [6.07, 6.45) is 0. The first-order valence-electron chi connectivity index (χ1n) is 10.6. The largest absolute Gasteiger partial charge is 0.507 e. The molecule has 2 aromatic rings. The Kier molecular flexibility index (Phi) is 7.60. The first-order chi connectivity index (χ1) is 15.9. The Bertz CT molecular complexity index is 1080. The molecule has 1 heterocycles. The van der Waals surface area contributed by atoms with Crippen LogP contribution in [0.1, 0.15) is 29.7 Å². The Hall–Kier alpha value is -3.52. The van der Waals surface area contributed by atoms with Crippen LogP contribution in [0.3, 0.4) is 0 Å². The molecule has 0 saturated carbocycles. The minimum atomic E-state index is -0.814. The van der Waals surface area contributed by atoms with Crippen molar-refractivity contribution in [2.45, 2.75) is 19.9 Å². The van der Waals surface area contributed by atoms with Crippen molar-refractivity contribution < 1.29 is 33.6 Å². The molecule has 1 saturated heterocycles. The molecule has 8 nitrogen and oxygen atoms in total. The van der Waals surface area contributed by atoms with Crippen LogP contribution in [0.15, 0.2) is 42.0 Å². The van der Waals surface area contributed by atoms with Gasteiger partial charge in [0, 0.05) is 19.2 Å². The quantitative estimate of drug-likeness (QED) is 0.351. The summed E-state index contributed by atoms with van der Waals surface area (Å²) >= 11 is 0. The number of likely N-dealkylation sites (tertiary alicyclic amines) is 1. The number of nitrogens with zero attached hydrogens (tertiary/aromatic N) is 1. The van der Waals surface area contributed by atoms with Gasteiger partial charge in [-0.15, -0.1) is 0 Å². The van der Waals surface area contributed by atoms with Crippen LogP contribution in [0.2, 0.25) is 0 Å². The molecule has 33 heavy (non-hydrogen) atoms. The molecule has 1 amide bonds. The molecule has 0 aromatic heterocycles. The van der Waals surface area contributed by atoms with Crippen molar-refractivity contribution in [2.75, 3.05) is 41.1 Å². The number of amides is 1. The smallest absolute Gasteiger partial charge is 0.295 e. The topological polar surface area (TPSA) is 94.5 Å². The molecular weight excluding hydrogens is 426 g/mol. The number of aryl methyl sites for hydroxylation is 1. The molecular formula is C25H29NO7. The van der Waals surface area contributed by atoms with Crippen molar-refractivity contribution in [3.05, 3.63) is 58.7 Å². The van der Waals surface area contributed by atoms with Gasteiger partial charge in [0.25, 0.3) is 11.7 Å². The summed E-state index contributed by atoms with van der Waals surface area (Å²) < 4.78 is 21.4. The molecule has 0 radical (unpaired) electrons. The Balaban J connectivity index is 2.20. The van der Waals surface area contributed by atoms with Crippen LogP contribution in [0.25, 0.3) is 5.76 Å². The van der Waals surface area contributed by atoms with E-state index in [0.717, 1.165) is 0 Å². The third kappa shape index (κ3) is 4.66. The van der Waals surface area contributed by atoms with Crippen LogP contribution in [-0.4, -0.2) is 62.8 Å². The van der Waals surface area contributed by atoms with Gasteiger partial charge in [0.15, 0.2) is 11.5 Å². The summed E-state index contributed by atoms with van der Waals surface area (Å²) in [6, 6.07) is 9.51. The van der Waals surface area contributed by atoms with E-state index in [2.05, 4.69) is 0 Å². The Morgan fingerprint density at radius 3 is 2.39 bits per heavy atom. The van der Waals surface area contributed by atoms with Crippen molar-refractivity contribution >= 4 is 17.4 Å². The summed E-state index contributed by atoms with van der Waals surface area (Å²) in [7, 11) is 4.59. The minimum absolute atomic E-state index is 0.00980. The van der Waals surface area contributed by atoms with Crippen LogP contribution in [0.5, 0.6) is 17.2 Å². The van der Waals surface area contributed by atoms with E-state index in [1.54, 1.807) is 50.4 Å². The van der Waals surface area contributed by atoms with Gasteiger partial charge in [-0.05, 0) is 55.3 Å². The zero-order valence-corrected chi connectivity index (χ0v) is 19.5. The second kappa shape index (κ2) is 10.4. The predicted octanol–water partition coefficient (Wildman–Crippen LogP) is 3.48. The first-order valence-corrected chi connectivity index (χ1v) is 10.6. The lowest BCUT2D eigenvalue weighted by Crippen LogP contribution is -2.32. The minimum Gasteiger partial charge on any atom is -0.507 e. The van der Waals surface area contributed by atoms with E-state index in [1.165, 1.54) is 19.1 Å². The maximum Gasteiger partial charge on any atom is 0.295 e. The fourth-order valence-electron chi connectivity index (χ4n) is 3.95. The lowest BCUT2D eigenvalue weighted by Gasteiger charge is -2.26. The van der Waals surface area contributed by atoms with E-state index in [0.29, 0.717) is 40.5 Å². The van der Waals surface area contributed by atoms with Crippen LogP contribution in [0.4, 0.5) is 0 Å². The third-order valence-corrected chi connectivity index (χ3v) is 5.57. The molecule has 2 aromatic carbocycles. The van der Waals surface area contributed by atoms with Gasteiger partial charge in [-0.3, -0.25) is 9.59 Å². The second-order valence-corrected chi connectivity index (χ2v) is 7.51. The third-order valence-electron chi connectivity index (χ3n) is 5.57. The lowest BCUT2D eigenvalue weighted by atomic mass is 9.93. The van der Waals surface area contributed by atoms with Crippen molar-refractivity contribution in [2.24, 2.45) is 0 Å². The average molecular weight is 456 g/mol. The highest BCUT2D eigenvalue weighted by atomic mass is 16.5. The van der Waals surface area contributed by atoms with E-state index < -0.39 is 17.7 Å². The van der Waals surface area contributed by atoms with Gasteiger partial charge in [-0.1, -0.05) is 6.07 Å². The first kappa shape index (κ1) is 24.1. The Labute approximate surface area is 193 Å². The predicted molar refractivity (Wildman–Crippen MR) is 123 cm³/mol. The van der Waals surface area contributed by atoms with Crippen LogP contribution in [-0.2, 0) is 14.3 Å². The number of hydrogen-bond acceptors (Lipinski definition) is 7. The van der Waals surface area contributed by atoms with Gasteiger partial charge in [0.2, 0.25) is 0 Å². The summed E-state index contributed by atoms with van der Waals surface area (Å²) in [5.41, 5.74) is 1.77. The lowest BCUT2D eigenvalue weighted by molar-refractivity contribution is -0.140. The van der Waals surface area contributed by atoms with Gasteiger partial charge in [0.1, 0.15) is 11.5 Å². The summed E-state index contributed by atoms with van der Waals surface area (Å²) in [5, 5.41) is 11.2. The average Bonchev–Trinajstić information content (AvgIpc) is 3.07. The molecule has 8 heteroatoms. The maximum absolute atomic E-state index is 13.1. The van der Waals surface area contributed by atoms with Gasteiger partial charge >= 0.3 is 0 Å².